The van der Waals surface area contributed by atoms with E-state index in [2.05, 4.69) is 15.5 Å². The monoisotopic (exact) mass is 486 g/mol. The highest BCUT2D eigenvalue weighted by Gasteiger charge is 2.23. The third-order valence-corrected chi connectivity index (χ3v) is 6.53. The van der Waals surface area contributed by atoms with E-state index in [4.69, 9.17) is 9.47 Å². The predicted octanol–water partition coefficient (Wildman–Crippen LogP) is 4.98. The Bertz CT molecular complexity index is 1390. The lowest BCUT2D eigenvalue weighted by molar-refractivity contribution is -0.115. The van der Waals surface area contributed by atoms with Crippen molar-refractivity contribution in [3.05, 3.63) is 78.4 Å². The number of hydrogen-bond acceptors (Lipinski definition) is 7. The van der Waals surface area contributed by atoms with Crippen LogP contribution in [0.4, 0.5) is 5.69 Å². The summed E-state index contributed by atoms with van der Waals surface area (Å²) in [6.45, 7) is 3.51. The molecule has 1 aliphatic rings. The Morgan fingerprint density at radius 1 is 0.971 bits per heavy atom. The van der Waals surface area contributed by atoms with Crippen LogP contribution < -0.4 is 14.8 Å². The van der Waals surface area contributed by atoms with Gasteiger partial charge in [-0.2, -0.15) is 0 Å². The van der Waals surface area contributed by atoms with E-state index in [1.165, 1.54) is 18.7 Å². The molecule has 9 heteroatoms. The fraction of sp³-hybridized carbons (Fsp3) is 0.154. The number of anilines is 1. The Labute approximate surface area is 206 Å². The van der Waals surface area contributed by atoms with Crippen molar-refractivity contribution in [2.75, 3.05) is 12.1 Å². The number of nitrogens with zero attached hydrogens (tertiary/aromatic N) is 3. The highest BCUT2D eigenvalue weighted by Crippen LogP contribution is 2.37. The lowest BCUT2D eigenvalue weighted by Crippen LogP contribution is -2.23. The first-order valence-corrected chi connectivity index (χ1v) is 11.9. The number of hydrogen-bond donors (Lipinski definition) is 1. The van der Waals surface area contributed by atoms with Crippen LogP contribution in [0.1, 0.15) is 24.2 Å². The first-order chi connectivity index (χ1) is 17.0. The lowest BCUT2D eigenvalue weighted by Gasteiger charge is -2.14. The number of fused-ring (bicyclic) bond motifs is 1. The molecule has 0 radical (unpaired) electrons. The zero-order valence-electron chi connectivity index (χ0n) is 19.1. The van der Waals surface area contributed by atoms with E-state index >= 15 is 0 Å². The van der Waals surface area contributed by atoms with Crippen molar-refractivity contribution in [1.82, 2.24) is 14.8 Å². The first kappa shape index (κ1) is 22.7. The fourth-order valence-electron chi connectivity index (χ4n) is 3.62. The lowest BCUT2D eigenvalue weighted by atomic mass is 10.1. The van der Waals surface area contributed by atoms with Crippen LogP contribution in [0.5, 0.6) is 11.5 Å². The number of para-hydroxylation sites is 1. The van der Waals surface area contributed by atoms with Crippen molar-refractivity contribution in [3.8, 4) is 28.6 Å². The maximum absolute atomic E-state index is 12.9. The average Bonchev–Trinajstić information content (AvgIpc) is 3.51. The summed E-state index contributed by atoms with van der Waals surface area (Å²) in [6, 6.07) is 22.2. The Kier molecular flexibility index (Phi) is 6.24. The minimum absolute atomic E-state index is 0.0229. The average molecular weight is 487 g/mol. The summed E-state index contributed by atoms with van der Waals surface area (Å²) in [4.78, 5) is 24.4. The van der Waals surface area contributed by atoms with Gasteiger partial charge >= 0.3 is 0 Å². The molecule has 1 N–H and O–H groups in total. The van der Waals surface area contributed by atoms with Crippen LogP contribution in [0.3, 0.4) is 0 Å². The molecule has 4 aromatic rings. The molecule has 8 nitrogen and oxygen atoms in total. The Morgan fingerprint density at radius 2 is 1.71 bits per heavy atom. The van der Waals surface area contributed by atoms with Crippen LogP contribution in [0.15, 0.2) is 78.0 Å². The van der Waals surface area contributed by atoms with Gasteiger partial charge in [-0.3, -0.25) is 14.2 Å². The fourth-order valence-corrected chi connectivity index (χ4v) is 4.49. The number of ether oxygens (including phenoxy) is 2. The number of ketones is 1. The molecule has 0 fully saturated rings. The Morgan fingerprint density at radius 3 is 2.46 bits per heavy atom. The predicted molar refractivity (Wildman–Crippen MR) is 133 cm³/mol. The van der Waals surface area contributed by atoms with Crippen LogP contribution in [-0.2, 0) is 4.79 Å². The van der Waals surface area contributed by atoms with E-state index in [1.807, 2.05) is 60.0 Å². The number of nitrogens with one attached hydrogen (secondary N) is 1. The largest absolute Gasteiger partial charge is 0.454 e. The number of rotatable bonds is 7. The number of carbonyl (C=O) groups excluding carboxylic acids is 2. The molecule has 0 saturated carbocycles. The minimum Gasteiger partial charge on any atom is -0.454 e. The summed E-state index contributed by atoms with van der Waals surface area (Å²) < 4.78 is 12.9. The highest BCUT2D eigenvalue weighted by molar-refractivity contribution is 8.00. The van der Waals surface area contributed by atoms with Gasteiger partial charge in [-0.1, -0.05) is 30.0 Å². The summed E-state index contributed by atoms with van der Waals surface area (Å²) in [5.74, 6) is 1.77. The molecule has 1 atom stereocenters. The normalized spacial score (nSPS) is 12.9. The van der Waals surface area contributed by atoms with Gasteiger partial charge in [-0.25, -0.2) is 0 Å². The summed E-state index contributed by atoms with van der Waals surface area (Å²) in [5.41, 5.74) is 2.91. The summed E-state index contributed by atoms with van der Waals surface area (Å²) in [6.07, 6.45) is 0. The summed E-state index contributed by atoms with van der Waals surface area (Å²) in [5, 5.41) is 11.9. The van der Waals surface area contributed by atoms with Crippen molar-refractivity contribution in [2.45, 2.75) is 24.3 Å². The van der Waals surface area contributed by atoms with Crippen molar-refractivity contribution in [2.24, 2.45) is 0 Å². The van der Waals surface area contributed by atoms with Crippen molar-refractivity contribution in [1.29, 1.82) is 0 Å². The van der Waals surface area contributed by atoms with Crippen molar-refractivity contribution < 1.29 is 19.1 Å². The molecule has 5 rings (SSSR count). The summed E-state index contributed by atoms with van der Waals surface area (Å²) in [7, 11) is 0. The van der Waals surface area contributed by atoms with Crippen LogP contribution in [0.25, 0.3) is 17.1 Å². The van der Waals surface area contributed by atoms with E-state index in [-0.39, 0.29) is 18.5 Å². The van der Waals surface area contributed by atoms with Gasteiger partial charge in [0.15, 0.2) is 28.3 Å². The van der Waals surface area contributed by atoms with Crippen molar-refractivity contribution in [3.63, 3.8) is 0 Å². The zero-order chi connectivity index (χ0) is 24.4. The molecule has 3 aromatic carbocycles. The second-order valence-corrected chi connectivity index (χ2v) is 9.24. The molecule has 0 bridgehead atoms. The molecule has 1 aliphatic heterocycles. The second kappa shape index (κ2) is 9.63. The highest BCUT2D eigenvalue weighted by atomic mass is 32.2. The van der Waals surface area contributed by atoms with Gasteiger partial charge in [-0.05, 0) is 68.4 Å². The van der Waals surface area contributed by atoms with Crippen LogP contribution in [0, 0.1) is 0 Å². The Balaban J connectivity index is 1.41. The van der Waals surface area contributed by atoms with Crippen LogP contribution in [0.2, 0.25) is 0 Å². The molecular weight excluding hydrogens is 464 g/mol. The number of thioether (sulfide) groups is 1. The third-order valence-electron chi connectivity index (χ3n) is 5.49. The molecule has 0 unspecified atom stereocenters. The number of amides is 1. The smallest absolute Gasteiger partial charge is 0.237 e. The van der Waals surface area contributed by atoms with Crippen molar-refractivity contribution >= 4 is 29.1 Å². The summed E-state index contributed by atoms with van der Waals surface area (Å²) >= 11 is 1.31. The van der Waals surface area contributed by atoms with Gasteiger partial charge in [0, 0.05) is 22.5 Å². The van der Waals surface area contributed by atoms with E-state index < -0.39 is 5.25 Å². The zero-order valence-corrected chi connectivity index (χ0v) is 19.9. The SMILES string of the molecule is CC(=O)c1ccc(NC(=O)[C@H](C)Sc2nnc(-c3ccc4c(c3)OCO4)n2-c2ccccc2)cc1. The van der Waals surface area contributed by atoms with E-state index in [0.29, 0.717) is 33.7 Å². The van der Waals surface area contributed by atoms with E-state index in [0.717, 1.165) is 11.3 Å². The topological polar surface area (TPSA) is 95.3 Å². The molecule has 176 valence electrons. The van der Waals surface area contributed by atoms with Crippen LogP contribution >= 0.6 is 11.8 Å². The van der Waals surface area contributed by atoms with Gasteiger partial charge in [0.25, 0.3) is 0 Å². The van der Waals surface area contributed by atoms with E-state index in [9.17, 15) is 9.59 Å². The maximum Gasteiger partial charge on any atom is 0.237 e. The molecule has 1 aromatic heterocycles. The number of benzene rings is 3. The standard InChI is InChI=1S/C26H22N4O4S/c1-16(31)18-8-11-20(12-9-18)27-25(32)17(2)35-26-29-28-24(30(26)21-6-4-3-5-7-21)19-10-13-22-23(14-19)34-15-33-22/h3-14,17H,15H2,1-2H3,(H,27,32)/t17-/m0/s1. The molecule has 2 heterocycles. The minimum atomic E-state index is -0.459. The first-order valence-electron chi connectivity index (χ1n) is 11.0. The second-order valence-electron chi connectivity index (χ2n) is 7.93. The van der Waals surface area contributed by atoms with Crippen LogP contribution in [-0.4, -0.2) is 38.5 Å². The van der Waals surface area contributed by atoms with Gasteiger partial charge in [-0.15, -0.1) is 10.2 Å². The van der Waals surface area contributed by atoms with Gasteiger partial charge in [0.1, 0.15) is 0 Å². The molecule has 1 amide bonds. The molecular formula is C26H22N4O4S. The van der Waals surface area contributed by atoms with Gasteiger partial charge in [0.05, 0.1) is 5.25 Å². The quantitative estimate of drug-likeness (QED) is 0.291. The number of carbonyl (C=O) groups is 2. The maximum atomic E-state index is 12.9. The molecule has 0 saturated heterocycles. The number of aromatic nitrogens is 3. The van der Waals surface area contributed by atoms with Gasteiger partial charge in [0.2, 0.25) is 12.7 Å². The molecule has 35 heavy (non-hydrogen) atoms. The number of Topliss-reactive ketones (excluding diaryl/α,β-unsaturated/α-hetero) is 1. The van der Waals surface area contributed by atoms with E-state index in [1.54, 1.807) is 24.3 Å². The molecule has 0 spiro atoms. The van der Waals surface area contributed by atoms with Gasteiger partial charge < -0.3 is 14.8 Å². The molecule has 0 aliphatic carbocycles. The third kappa shape index (κ3) is 4.76. The Hall–Kier alpha value is -4.11.